The molecule has 1 fully saturated rings. The van der Waals surface area contributed by atoms with Gasteiger partial charge in [0, 0.05) is 19.3 Å². The van der Waals surface area contributed by atoms with Crippen molar-refractivity contribution in [3.8, 4) is 0 Å². The number of hydrogen-bond donors (Lipinski definition) is 2. The van der Waals surface area contributed by atoms with Crippen LogP contribution in [0.15, 0.2) is 11.3 Å². The highest BCUT2D eigenvalue weighted by atomic mass is 19.4. The van der Waals surface area contributed by atoms with Crippen molar-refractivity contribution in [1.29, 1.82) is 5.41 Å². The van der Waals surface area contributed by atoms with Crippen LogP contribution in [0, 0.1) is 5.41 Å². The molecule has 0 atom stereocenters. The fraction of sp³-hybridized carbons (Fsp3) is 0.500. The highest BCUT2D eigenvalue weighted by molar-refractivity contribution is 5.99. The molecule has 1 amide bonds. The number of nitrogens with zero attached hydrogens (tertiary/aromatic N) is 1. The first-order valence-electron chi connectivity index (χ1n) is 4.24. The number of hydrogen-bond acceptors (Lipinski definition) is 3. The van der Waals surface area contributed by atoms with Gasteiger partial charge in [0.15, 0.2) is 0 Å². The third-order valence-corrected chi connectivity index (χ3v) is 2.12. The lowest BCUT2D eigenvalue weighted by molar-refractivity contribution is -0.128. The van der Waals surface area contributed by atoms with Gasteiger partial charge in [0.2, 0.25) is 0 Å². The van der Waals surface area contributed by atoms with Crippen LogP contribution in [0.3, 0.4) is 0 Å². The number of allylic oxidation sites excluding steroid dienone is 1. The van der Waals surface area contributed by atoms with Gasteiger partial charge in [0.25, 0.3) is 5.91 Å². The van der Waals surface area contributed by atoms with E-state index in [1.165, 1.54) is 4.90 Å². The molecule has 0 unspecified atom stereocenters. The second-order valence-electron chi connectivity index (χ2n) is 3.11. The molecule has 1 rings (SSSR count). The normalized spacial score (nSPS) is 17.9. The minimum Gasteiger partial charge on any atom is -0.370 e. The number of halogens is 3. The smallest absolute Gasteiger partial charge is 0.370 e. The van der Waals surface area contributed by atoms with Crippen LogP contribution in [-0.2, 0) is 4.79 Å². The van der Waals surface area contributed by atoms with Crippen LogP contribution < -0.4 is 5.73 Å². The first-order chi connectivity index (χ1) is 6.88. The molecule has 1 heterocycles. The number of nitrogens with one attached hydrogen (secondary N) is 1. The topological polar surface area (TPSA) is 70.2 Å². The zero-order valence-corrected chi connectivity index (χ0v) is 7.77. The summed E-state index contributed by atoms with van der Waals surface area (Å²) in [6, 6.07) is 0. The van der Waals surface area contributed by atoms with E-state index in [2.05, 4.69) is 5.73 Å². The number of amides is 1. The second kappa shape index (κ2) is 3.92. The number of rotatable bonds is 3. The van der Waals surface area contributed by atoms with E-state index in [0.29, 0.717) is 19.3 Å². The summed E-state index contributed by atoms with van der Waals surface area (Å²) < 4.78 is 37.3. The molecule has 0 aromatic carbocycles. The Morgan fingerprint density at radius 1 is 1.40 bits per heavy atom. The Morgan fingerprint density at radius 2 is 1.93 bits per heavy atom. The van der Waals surface area contributed by atoms with Gasteiger partial charge in [-0.2, -0.15) is 13.2 Å². The second-order valence-corrected chi connectivity index (χ2v) is 3.11. The Kier molecular flexibility index (Phi) is 3.01. The predicted molar refractivity (Wildman–Crippen MR) is 47.2 cm³/mol. The molecule has 0 spiro atoms. The van der Waals surface area contributed by atoms with E-state index in [1.807, 2.05) is 0 Å². The van der Waals surface area contributed by atoms with Crippen molar-refractivity contribution in [1.82, 2.24) is 4.90 Å². The van der Waals surface area contributed by atoms with Crippen molar-refractivity contribution in [2.75, 3.05) is 13.1 Å². The first kappa shape index (κ1) is 11.5. The molecule has 1 aliphatic heterocycles. The Labute approximate surface area is 84.0 Å². The average Bonchev–Trinajstić information content (AvgIpc) is 1.95. The maximum absolute atomic E-state index is 12.4. The van der Waals surface area contributed by atoms with Crippen LogP contribution in [-0.4, -0.2) is 36.3 Å². The molecule has 0 radical (unpaired) electrons. The molecular weight excluding hydrogens is 211 g/mol. The molecule has 84 valence electrons. The summed E-state index contributed by atoms with van der Waals surface area (Å²) in [5.41, 5.74) is 2.78. The van der Waals surface area contributed by atoms with Gasteiger partial charge < -0.3 is 16.0 Å². The Morgan fingerprint density at radius 3 is 2.13 bits per heavy atom. The highest BCUT2D eigenvalue weighted by Crippen LogP contribution is 2.30. The summed E-state index contributed by atoms with van der Waals surface area (Å²) in [6.07, 6.45) is -3.54. The summed E-state index contributed by atoms with van der Waals surface area (Å²) >= 11 is 0. The van der Waals surface area contributed by atoms with E-state index in [-0.39, 0.29) is 0 Å². The molecule has 0 aliphatic carbocycles. The summed E-state index contributed by atoms with van der Waals surface area (Å²) in [5, 5.41) is 6.90. The molecule has 1 aliphatic rings. The number of carbonyl (C=O) groups is 1. The fourth-order valence-electron chi connectivity index (χ4n) is 1.29. The molecule has 15 heavy (non-hydrogen) atoms. The lowest BCUT2D eigenvalue weighted by Gasteiger charge is -2.34. The van der Waals surface area contributed by atoms with Crippen molar-refractivity contribution in [2.24, 2.45) is 5.73 Å². The van der Waals surface area contributed by atoms with Crippen molar-refractivity contribution < 1.29 is 18.0 Å². The van der Waals surface area contributed by atoms with E-state index in [0.717, 1.165) is 6.42 Å². The van der Waals surface area contributed by atoms with Crippen molar-refractivity contribution >= 4 is 12.1 Å². The maximum atomic E-state index is 12.4. The number of nitrogens with two attached hydrogens (primary N) is 1. The highest BCUT2D eigenvalue weighted by Gasteiger charge is 2.41. The summed E-state index contributed by atoms with van der Waals surface area (Å²) in [7, 11) is 0. The number of likely N-dealkylation sites (tertiary alicyclic amines) is 1. The van der Waals surface area contributed by atoms with Gasteiger partial charge in [-0.15, -0.1) is 0 Å². The number of carbonyl (C=O) groups excluding carboxylic acids is 1. The van der Waals surface area contributed by atoms with Crippen LogP contribution in [0.1, 0.15) is 6.42 Å². The van der Waals surface area contributed by atoms with Gasteiger partial charge in [0.05, 0.1) is 5.70 Å². The van der Waals surface area contributed by atoms with Gasteiger partial charge in [-0.1, -0.05) is 0 Å². The average molecular weight is 221 g/mol. The van der Waals surface area contributed by atoms with Crippen LogP contribution in [0.5, 0.6) is 0 Å². The third kappa shape index (κ3) is 2.28. The zero-order valence-electron chi connectivity index (χ0n) is 7.77. The molecule has 0 aromatic rings. The van der Waals surface area contributed by atoms with E-state index in [1.54, 1.807) is 0 Å². The zero-order chi connectivity index (χ0) is 11.6. The number of alkyl halides is 3. The van der Waals surface area contributed by atoms with Crippen molar-refractivity contribution in [3.63, 3.8) is 0 Å². The van der Waals surface area contributed by atoms with Gasteiger partial charge >= 0.3 is 6.18 Å². The largest absolute Gasteiger partial charge is 0.423 e. The monoisotopic (exact) mass is 221 g/mol. The van der Waals surface area contributed by atoms with E-state index in [9.17, 15) is 18.0 Å². The van der Waals surface area contributed by atoms with E-state index >= 15 is 0 Å². The Balaban J connectivity index is 3.16. The molecule has 0 aromatic heterocycles. The number of primary amides is 1. The Bertz CT molecular complexity index is 318. The minimum absolute atomic E-state index is 0.414. The minimum atomic E-state index is -4.81. The van der Waals surface area contributed by atoms with E-state index in [4.69, 9.17) is 5.41 Å². The summed E-state index contributed by atoms with van der Waals surface area (Å²) in [5.74, 6) is -1.55. The molecule has 4 nitrogen and oxygen atoms in total. The van der Waals surface area contributed by atoms with Gasteiger partial charge in [0.1, 0.15) is 5.57 Å². The quantitative estimate of drug-likeness (QED) is 0.542. The maximum Gasteiger partial charge on any atom is 0.423 e. The van der Waals surface area contributed by atoms with Gasteiger partial charge in [-0.25, -0.2) is 0 Å². The summed E-state index contributed by atoms with van der Waals surface area (Å²) in [6.45, 7) is 0.829. The standard InChI is InChI=1S/C8H10F3N3O/c9-8(10,11)6(7(13)15)5(4-12)14-2-1-3-14/h4,12H,1-3H2,(H2,13,15)/b6-5-,12-4?. The Hall–Kier alpha value is -1.53. The molecule has 7 heteroatoms. The predicted octanol–water partition coefficient (Wildman–Crippen LogP) is 0.643. The van der Waals surface area contributed by atoms with Gasteiger partial charge in [-0.05, 0) is 6.42 Å². The molecular formula is C8H10F3N3O. The van der Waals surface area contributed by atoms with Crippen LogP contribution >= 0.6 is 0 Å². The summed E-state index contributed by atoms with van der Waals surface area (Å²) in [4.78, 5) is 12.0. The van der Waals surface area contributed by atoms with E-state index < -0.39 is 23.4 Å². The van der Waals surface area contributed by atoms with Crippen LogP contribution in [0.2, 0.25) is 0 Å². The van der Waals surface area contributed by atoms with Crippen LogP contribution in [0.25, 0.3) is 0 Å². The third-order valence-electron chi connectivity index (χ3n) is 2.12. The van der Waals surface area contributed by atoms with Gasteiger partial charge in [-0.3, -0.25) is 4.79 Å². The molecule has 0 saturated carbocycles. The lowest BCUT2D eigenvalue weighted by atomic mass is 10.1. The van der Waals surface area contributed by atoms with Crippen molar-refractivity contribution in [3.05, 3.63) is 11.3 Å². The molecule has 0 bridgehead atoms. The SMILES string of the molecule is N=C/C(=C(\C(N)=O)C(F)(F)F)N1CCC1. The van der Waals surface area contributed by atoms with Crippen LogP contribution in [0.4, 0.5) is 13.2 Å². The first-order valence-corrected chi connectivity index (χ1v) is 4.24. The lowest BCUT2D eigenvalue weighted by Crippen LogP contribution is -2.41. The van der Waals surface area contributed by atoms with Crippen molar-refractivity contribution in [2.45, 2.75) is 12.6 Å². The molecule has 3 N–H and O–H groups in total. The fourth-order valence-corrected chi connectivity index (χ4v) is 1.29. The molecule has 1 saturated heterocycles.